The van der Waals surface area contributed by atoms with Gasteiger partial charge >= 0.3 is 0 Å². The van der Waals surface area contributed by atoms with Crippen LogP contribution in [0.1, 0.15) is 108 Å². The summed E-state index contributed by atoms with van der Waals surface area (Å²) in [5, 5.41) is 3.32. The van der Waals surface area contributed by atoms with Crippen LogP contribution in [0.4, 0.5) is 4.39 Å². The van der Waals surface area contributed by atoms with E-state index in [4.69, 9.17) is 6.42 Å². The van der Waals surface area contributed by atoms with Crippen molar-refractivity contribution in [3.63, 3.8) is 0 Å². The average molecular weight is 570 g/mol. The van der Waals surface area contributed by atoms with Crippen molar-refractivity contribution in [3.8, 4) is 12.3 Å². The molecule has 1 nitrogen and oxygen atoms in total. The first-order valence-electron chi connectivity index (χ1n) is 15.6. The molecule has 0 spiro atoms. The third-order valence-corrected chi connectivity index (χ3v) is 8.57. The van der Waals surface area contributed by atoms with E-state index < -0.39 is 0 Å². The van der Waals surface area contributed by atoms with E-state index in [2.05, 4.69) is 69.9 Å². The highest BCUT2D eigenvalue weighted by Gasteiger charge is 2.15. The lowest BCUT2D eigenvalue weighted by Crippen LogP contribution is -2.29. The molecule has 0 radical (unpaired) electrons. The van der Waals surface area contributed by atoms with E-state index in [9.17, 15) is 4.39 Å². The van der Waals surface area contributed by atoms with E-state index in [0.717, 1.165) is 63.8 Å². The molecule has 0 bridgehead atoms. The van der Waals surface area contributed by atoms with Gasteiger partial charge in [0.1, 0.15) is 5.82 Å². The van der Waals surface area contributed by atoms with E-state index in [1.807, 2.05) is 59.8 Å². The van der Waals surface area contributed by atoms with Crippen LogP contribution < -0.4 is 5.32 Å². The van der Waals surface area contributed by atoms with Crippen molar-refractivity contribution >= 4 is 11.1 Å². The van der Waals surface area contributed by atoms with Gasteiger partial charge in [-0.1, -0.05) is 75.3 Å². The van der Waals surface area contributed by atoms with E-state index in [1.165, 1.54) is 48.4 Å². The molecule has 0 unspecified atom stereocenters. The summed E-state index contributed by atoms with van der Waals surface area (Å²) >= 11 is 0. The normalized spacial score (nSPS) is 17.3. The number of hydrogen-bond acceptors (Lipinski definition) is 1. The third kappa shape index (κ3) is 11.3. The molecule has 0 aliphatic heterocycles. The molecule has 0 atom stereocenters. The van der Waals surface area contributed by atoms with Crippen LogP contribution in [0.5, 0.6) is 0 Å². The molecule has 42 heavy (non-hydrogen) atoms. The number of nitrogens with one attached hydrogen (secondary N) is 1. The highest BCUT2D eigenvalue weighted by Crippen LogP contribution is 2.29. The van der Waals surface area contributed by atoms with Crippen molar-refractivity contribution in [2.45, 2.75) is 107 Å². The van der Waals surface area contributed by atoms with E-state index in [0.29, 0.717) is 0 Å². The standard InChI is InChI=1S/C17H20.C15H19F.C8H17N/c1-5-9-16(10-6-2)17-12-11-14(7-3)15(8-4)13-17;1-9(2)11(4)13(6)15-12(5)10(3)7-8-14(15)16;1-7-3-5-8(9-2)6-4-7/h1,6,9-13H,7-8H2,2-4H3;7-8H,1H2,2-6H3;7-9H,3-6H2,1-2H3/b10-6-,16-9+;13-11+;. The molecule has 3 rings (SSSR count). The van der Waals surface area contributed by atoms with Gasteiger partial charge in [0.25, 0.3) is 0 Å². The smallest absolute Gasteiger partial charge is 0.130 e. The molecular weight excluding hydrogens is 513 g/mol. The molecule has 228 valence electrons. The van der Waals surface area contributed by atoms with Crippen LogP contribution in [0, 0.1) is 37.9 Å². The molecule has 2 aromatic rings. The summed E-state index contributed by atoms with van der Waals surface area (Å²) in [6, 6.07) is 10.8. The first-order valence-corrected chi connectivity index (χ1v) is 15.6. The fourth-order valence-corrected chi connectivity index (χ4v) is 5.28. The Hall–Kier alpha value is -3.15. The van der Waals surface area contributed by atoms with Gasteiger partial charge in [0.15, 0.2) is 0 Å². The topological polar surface area (TPSA) is 12.0 Å². The molecule has 0 heterocycles. The summed E-state index contributed by atoms with van der Waals surface area (Å²) in [4.78, 5) is 0. The lowest BCUT2D eigenvalue weighted by Gasteiger charge is -2.25. The van der Waals surface area contributed by atoms with Crippen molar-refractivity contribution in [1.29, 1.82) is 0 Å². The second-order valence-electron chi connectivity index (χ2n) is 11.6. The number of allylic oxidation sites excluding steroid dienone is 7. The van der Waals surface area contributed by atoms with Crippen molar-refractivity contribution in [3.05, 3.63) is 105 Å². The number of aryl methyl sites for hydroxylation is 3. The predicted molar refractivity (Wildman–Crippen MR) is 186 cm³/mol. The Kier molecular flexibility index (Phi) is 16.8. The van der Waals surface area contributed by atoms with E-state index >= 15 is 0 Å². The molecule has 0 aromatic heterocycles. The third-order valence-electron chi connectivity index (χ3n) is 8.57. The molecule has 0 saturated heterocycles. The minimum absolute atomic E-state index is 0.152. The highest BCUT2D eigenvalue weighted by atomic mass is 19.1. The first kappa shape index (κ1) is 36.9. The van der Waals surface area contributed by atoms with Crippen molar-refractivity contribution in [2.24, 2.45) is 5.92 Å². The lowest BCUT2D eigenvalue weighted by molar-refractivity contribution is 0.319. The molecule has 1 fully saturated rings. The van der Waals surface area contributed by atoms with Crippen LogP contribution in [0.15, 0.2) is 66.3 Å². The number of terminal acetylenes is 1. The Labute approximate surface area is 258 Å². The SMILES string of the molecule is C#C/C=C(\C=C/C)c1ccc(CC)c(CC)c1.C=C(C)/C(C)=C(\C)c1c(F)ccc(C)c1C.CNC1CCC(C)CC1. The minimum atomic E-state index is -0.152. The fraction of sp³-hybridized carbons (Fsp3) is 0.450. The largest absolute Gasteiger partial charge is 0.317 e. The molecule has 1 saturated carbocycles. The van der Waals surface area contributed by atoms with E-state index in [1.54, 1.807) is 0 Å². The average Bonchev–Trinajstić information content (AvgIpc) is 2.99. The summed E-state index contributed by atoms with van der Waals surface area (Å²) in [5.41, 5.74) is 11.0. The fourth-order valence-electron chi connectivity index (χ4n) is 5.28. The predicted octanol–water partition coefficient (Wildman–Crippen LogP) is 11.0. The van der Waals surface area contributed by atoms with Gasteiger partial charge in [0.05, 0.1) is 0 Å². The van der Waals surface area contributed by atoms with Crippen molar-refractivity contribution in [2.75, 3.05) is 7.05 Å². The van der Waals surface area contributed by atoms with Gasteiger partial charge in [-0.25, -0.2) is 4.39 Å². The number of benzene rings is 2. The molecule has 2 aromatic carbocycles. The molecule has 2 heteroatoms. The summed E-state index contributed by atoms with van der Waals surface area (Å²) in [6.07, 6.45) is 19.0. The highest BCUT2D eigenvalue weighted by molar-refractivity contribution is 5.76. The Balaban J connectivity index is 0.000000329. The second kappa shape index (κ2) is 19.1. The monoisotopic (exact) mass is 569 g/mol. The Morgan fingerprint density at radius 2 is 1.64 bits per heavy atom. The zero-order valence-electron chi connectivity index (χ0n) is 28.2. The summed E-state index contributed by atoms with van der Waals surface area (Å²) in [7, 11) is 2.07. The molecular formula is C40H56FN. The van der Waals surface area contributed by atoms with Crippen LogP contribution in [0.2, 0.25) is 0 Å². The van der Waals surface area contributed by atoms with Crippen molar-refractivity contribution < 1.29 is 4.39 Å². The summed E-state index contributed by atoms with van der Waals surface area (Å²) < 4.78 is 13.8. The van der Waals surface area contributed by atoms with E-state index in [-0.39, 0.29) is 5.82 Å². The lowest BCUT2D eigenvalue weighted by atomic mass is 9.87. The van der Waals surface area contributed by atoms with Gasteiger partial charge in [0, 0.05) is 11.6 Å². The molecule has 0 amide bonds. The maximum absolute atomic E-state index is 13.8. The zero-order valence-corrected chi connectivity index (χ0v) is 28.2. The van der Waals surface area contributed by atoms with Gasteiger partial charge in [-0.2, -0.15) is 0 Å². The van der Waals surface area contributed by atoms with Gasteiger partial charge in [-0.3, -0.25) is 0 Å². The quantitative estimate of drug-likeness (QED) is 0.258. The van der Waals surface area contributed by atoms with Crippen molar-refractivity contribution in [1.82, 2.24) is 5.32 Å². The summed E-state index contributed by atoms with van der Waals surface area (Å²) in [6.45, 7) is 22.5. The first-order chi connectivity index (χ1) is 19.9. The molecule has 1 aliphatic carbocycles. The van der Waals surface area contributed by atoms with Gasteiger partial charge < -0.3 is 5.32 Å². The van der Waals surface area contributed by atoms with Crippen LogP contribution in [-0.2, 0) is 12.8 Å². The zero-order chi connectivity index (χ0) is 31.8. The molecule has 1 aliphatic rings. The maximum Gasteiger partial charge on any atom is 0.130 e. The van der Waals surface area contributed by atoms with Crippen LogP contribution in [-0.4, -0.2) is 13.1 Å². The molecule has 1 N–H and O–H groups in total. The number of hydrogen-bond donors (Lipinski definition) is 1. The second-order valence-corrected chi connectivity index (χ2v) is 11.6. The number of rotatable bonds is 7. The maximum atomic E-state index is 13.8. The Morgan fingerprint density at radius 3 is 2.14 bits per heavy atom. The Morgan fingerprint density at radius 1 is 1.02 bits per heavy atom. The Bertz CT molecular complexity index is 1290. The van der Waals surface area contributed by atoms with Crippen LogP contribution >= 0.6 is 0 Å². The summed E-state index contributed by atoms with van der Waals surface area (Å²) in [5.74, 6) is 3.43. The van der Waals surface area contributed by atoms with Gasteiger partial charge in [-0.05, 0) is 150 Å². The number of halogens is 1. The van der Waals surface area contributed by atoms with Crippen LogP contribution in [0.3, 0.4) is 0 Å². The van der Waals surface area contributed by atoms with Crippen LogP contribution in [0.25, 0.3) is 11.1 Å². The van der Waals surface area contributed by atoms with Gasteiger partial charge in [-0.15, -0.1) is 6.42 Å². The minimum Gasteiger partial charge on any atom is -0.317 e. The van der Waals surface area contributed by atoms with Gasteiger partial charge in [0.2, 0.25) is 0 Å².